The Morgan fingerprint density at radius 1 is 0.531 bits per heavy atom. The molecule has 4 heteroatoms. The van der Waals surface area contributed by atoms with Gasteiger partial charge in [0.1, 0.15) is 0 Å². The van der Waals surface area contributed by atoms with Crippen LogP contribution in [0.3, 0.4) is 0 Å². The molecule has 0 aromatic heterocycles. The summed E-state index contributed by atoms with van der Waals surface area (Å²) < 4.78 is 0. The van der Waals surface area contributed by atoms with E-state index in [2.05, 4.69) is 26.0 Å². The predicted molar refractivity (Wildman–Crippen MR) is 137 cm³/mol. The van der Waals surface area contributed by atoms with Crippen LogP contribution < -0.4 is 0 Å². The minimum absolute atomic E-state index is 0.330. The number of aliphatic carboxylic acids is 2. The van der Waals surface area contributed by atoms with Gasteiger partial charge in [-0.2, -0.15) is 0 Å². The van der Waals surface area contributed by atoms with E-state index in [9.17, 15) is 9.59 Å². The fourth-order valence-corrected chi connectivity index (χ4v) is 3.38. The van der Waals surface area contributed by atoms with E-state index in [1.165, 1.54) is 102 Å². The molecule has 0 saturated carbocycles. The third-order valence-corrected chi connectivity index (χ3v) is 5.39. The van der Waals surface area contributed by atoms with E-state index in [-0.39, 0.29) is 0 Å². The normalized spacial score (nSPS) is 11.1. The first-order valence-electron chi connectivity index (χ1n) is 13.3. The molecule has 0 spiro atoms. The van der Waals surface area contributed by atoms with E-state index in [0.29, 0.717) is 6.42 Å². The average molecular weight is 453 g/mol. The number of unbranched alkanes of at least 4 members (excludes halogenated alkanes) is 16. The van der Waals surface area contributed by atoms with Gasteiger partial charge < -0.3 is 10.2 Å². The second-order valence-electron chi connectivity index (χ2n) is 8.67. The Kier molecular flexibility index (Phi) is 30.0. The highest BCUT2D eigenvalue weighted by atomic mass is 16.4. The SMILES string of the molecule is CCCCC=CCCCCCCCC(=O)O.CCCCCCCCCCCC=CC(=O)O. The molecule has 32 heavy (non-hydrogen) atoms. The molecular formula is C28H52O4. The monoisotopic (exact) mass is 452 g/mol. The van der Waals surface area contributed by atoms with Gasteiger partial charge in [0, 0.05) is 12.5 Å². The van der Waals surface area contributed by atoms with Gasteiger partial charge in [-0.15, -0.1) is 0 Å². The summed E-state index contributed by atoms with van der Waals surface area (Å²) in [4.78, 5) is 20.4. The zero-order valence-corrected chi connectivity index (χ0v) is 21.2. The first kappa shape index (κ1) is 32.6. The topological polar surface area (TPSA) is 74.6 Å². The molecule has 0 aliphatic carbocycles. The van der Waals surface area contributed by atoms with E-state index in [0.717, 1.165) is 25.7 Å². The van der Waals surface area contributed by atoms with Crippen LogP contribution in [0.2, 0.25) is 0 Å². The van der Waals surface area contributed by atoms with E-state index >= 15 is 0 Å². The molecule has 0 aliphatic heterocycles. The highest BCUT2D eigenvalue weighted by molar-refractivity contribution is 5.79. The second kappa shape index (κ2) is 29.4. The quantitative estimate of drug-likeness (QED) is 0.0975. The molecule has 0 saturated heterocycles. The second-order valence-corrected chi connectivity index (χ2v) is 8.67. The van der Waals surface area contributed by atoms with Gasteiger partial charge in [-0.05, 0) is 38.5 Å². The highest BCUT2D eigenvalue weighted by Crippen LogP contribution is 2.10. The number of carboxylic acids is 2. The molecule has 0 aromatic carbocycles. The van der Waals surface area contributed by atoms with Crippen LogP contribution in [-0.4, -0.2) is 22.2 Å². The lowest BCUT2D eigenvalue weighted by Gasteiger charge is -2.00. The Bertz CT molecular complexity index is 454. The summed E-state index contributed by atoms with van der Waals surface area (Å²) in [6.07, 6.45) is 31.1. The minimum atomic E-state index is -0.837. The Labute approximate surface area is 198 Å². The van der Waals surface area contributed by atoms with Crippen LogP contribution in [-0.2, 0) is 9.59 Å². The zero-order valence-electron chi connectivity index (χ0n) is 21.2. The van der Waals surface area contributed by atoms with Crippen LogP contribution in [0.15, 0.2) is 24.3 Å². The smallest absolute Gasteiger partial charge is 0.327 e. The number of carboxylic acid groups (broad SMARTS) is 2. The zero-order chi connectivity index (χ0) is 24.1. The maximum atomic E-state index is 10.3. The summed E-state index contributed by atoms with van der Waals surface area (Å²) in [6, 6.07) is 0. The summed E-state index contributed by atoms with van der Waals surface area (Å²) in [5, 5.41) is 16.8. The van der Waals surface area contributed by atoms with E-state index < -0.39 is 11.9 Å². The molecule has 0 amide bonds. The first-order valence-corrected chi connectivity index (χ1v) is 13.3. The van der Waals surface area contributed by atoms with Crippen molar-refractivity contribution in [2.24, 2.45) is 0 Å². The van der Waals surface area contributed by atoms with E-state index in [1.807, 2.05) is 0 Å². The van der Waals surface area contributed by atoms with Gasteiger partial charge in [-0.1, -0.05) is 116 Å². The van der Waals surface area contributed by atoms with Crippen LogP contribution in [0, 0.1) is 0 Å². The van der Waals surface area contributed by atoms with Crippen molar-refractivity contribution in [2.75, 3.05) is 0 Å². The number of carbonyl (C=O) groups is 2. The molecule has 0 aromatic rings. The summed E-state index contributed by atoms with van der Waals surface area (Å²) >= 11 is 0. The average Bonchev–Trinajstić information content (AvgIpc) is 2.76. The summed E-state index contributed by atoms with van der Waals surface area (Å²) in [6.45, 7) is 4.45. The summed E-state index contributed by atoms with van der Waals surface area (Å²) in [7, 11) is 0. The summed E-state index contributed by atoms with van der Waals surface area (Å²) in [5.41, 5.74) is 0. The molecule has 2 N–H and O–H groups in total. The van der Waals surface area contributed by atoms with Gasteiger partial charge >= 0.3 is 11.9 Å². The standard InChI is InChI=1S/2C14H26O2/c2*1-2-3-4-5-6-7-8-9-10-11-12-13-14(15)16/h12-13H,2-11H2,1H3,(H,15,16);5-6H,2-4,7-13H2,1H3,(H,15,16). The lowest BCUT2D eigenvalue weighted by molar-refractivity contribution is -0.137. The fraction of sp³-hybridized carbons (Fsp3) is 0.786. The minimum Gasteiger partial charge on any atom is -0.481 e. The molecule has 0 atom stereocenters. The molecule has 0 fully saturated rings. The first-order chi connectivity index (χ1) is 15.5. The molecular weight excluding hydrogens is 400 g/mol. The molecule has 0 heterocycles. The number of hydrogen-bond acceptors (Lipinski definition) is 2. The van der Waals surface area contributed by atoms with Crippen molar-refractivity contribution in [3.05, 3.63) is 24.3 Å². The maximum Gasteiger partial charge on any atom is 0.327 e. The maximum absolute atomic E-state index is 10.3. The van der Waals surface area contributed by atoms with Gasteiger partial charge in [0.05, 0.1) is 0 Å². The van der Waals surface area contributed by atoms with Crippen molar-refractivity contribution in [1.82, 2.24) is 0 Å². The molecule has 188 valence electrons. The number of allylic oxidation sites excluding steroid dienone is 3. The Morgan fingerprint density at radius 2 is 0.938 bits per heavy atom. The highest BCUT2D eigenvalue weighted by Gasteiger charge is 1.96. The van der Waals surface area contributed by atoms with Crippen molar-refractivity contribution in [1.29, 1.82) is 0 Å². The third-order valence-electron chi connectivity index (χ3n) is 5.39. The van der Waals surface area contributed by atoms with Gasteiger partial charge in [0.2, 0.25) is 0 Å². The Balaban J connectivity index is 0. The van der Waals surface area contributed by atoms with Gasteiger partial charge in [-0.3, -0.25) is 4.79 Å². The lowest BCUT2D eigenvalue weighted by Crippen LogP contribution is -1.93. The van der Waals surface area contributed by atoms with Crippen molar-refractivity contribution in [3.63, 3.8) is 0 Å². The summed E-state index contributed by atoms with van der Waals surface area (Å²) in [5.74, 6) is -1.50. The fourth-order valence-electron chi connectivity index (χ4n) is 3.38. The number of rotatable bonds is 22. The molecule has 0 radical (unpaired) electrons. The van der Waals surface area contributed by atoms with Crippen molar-refractivity contribution in [2.45, 2.75) is 142 Å². The van der Waals surface area contributed by atoms with Crippen molar-refractivity contribution < 1.29 is 19.8 Å². The Morgan fingerprint density at radius 3 is 1.41 bits per heavy atom. The predicted octanol–water partition coefficient (Wildman–Crippen LogP) is 9.10. The Hall–Kier alpha value is -1.58. The molecule has 0 aliphatic rings. The lowest BCUT2D eigenvalue weighted by atomic mass is 10.1. The molecule has 0 unspecified atom stereocenters. The van der Waals surface area contributed by atoms with Crippen molar-refractivity contribution >= 4 is 11.9 Å². The van der Waals surface area contributed by atoms with Crippen LogP contribution in [0.25, 0.3) is 0 Å². The van der Waals surface area contributed by atoms with E-state index in [1.54, 1.807) is 6.08 Å². The van der Waals surface area contributed by atoms with Gasteiger partial charge in [-0.25, -0.2) is 4.79 Å². The molecule has 0 bridgehead atoms. The van der Waals surface area contributed by atoms with Gasteiger partial charge in [0.15, 0.2) is 0 Å². The molecule has 0 rings (SSSR count). The van der Waals surface area contributed by atoms with Crippen LogP contribution in [0.4, 0.5) is 0 Å². The third kappa shape index (κ3) is 35.8. The van der Waals surface area contributed by atoms with Gasteiger partial charge in [0.25, 0.3) is 0 Å². The van der Waals surface area contributed by atoms with Crippen molar-refractivity contribution in [3.8, 4) is 0 Å². The number of hydrogen-bond donors (Lipinski definition) is 2. The van der Waals surface area contributed by atoms with Crippen LogP contribution in [0.5, 0.6) is 0 Å². The van der Waals surface area contributed by atoms with Crippen LogP contribution in [0.1, 0.15) is 142 Å². The largest absolute Gasteiger partial charge is 0.481 e. The van der Waals surface area contributed by atoms with E-state index in [4.69, 9.17) is 10.2 Å². The molecule has 4 nitrogen and oxygen atoms in total. The van der Waals surface area contributed by atoms with Crippen LogP contribution >= 0.6 is 0 Å².